The Labute approximate surface area is 148 Å². The number of carbonyl (C=O) groups is 2. The zero-order valence-electron chi connectivity index (χ0n) is 14.5. The fraction of sp³-hybridized carbons (Fsp3) is 0.529. The number of nitrogens with zero attached hydrogens (tertiary/aromatic N) is 2. The van der Waals surface area contributed by atoms with Gasteiger partial charge in [0.15, 0.2) is 0 Å². The molecule has 1 N–H and O–H groups in total. The number of halogens is 1. The molecule has 0 fully saturated rings. The Morgan fingerprint density at radius 2 is 1.79 bits per heavy atom. The third-order valence-electron chi connectivity index (χ3n) is 3.31. The van der Waals surface area contributed by atoms with E-state index < -0.39 is 0 Å². The van der Waals surface area contributed by atoms with Crippen molar-refractivity contribution in [2.45, 2.75) is 19.8 Å². The van der Waals surface area contributed by atoms with E-state index in [1.54, 1.807) is 36.1 Å². The van der Waals surface area contributed by atoms with E-state index in [2.05, 4.69) is 10.2 Å². The van der Waals surface area contributed by atoms with E-state index in [9.17, 15) is 9.59 Å². The molecule has 0 aliphatic carbocycles. The molecule has 0 aliphatic rings. The van der Waals surface area contributed by atoms with Crippen molar-refractivity contribution in [2.75, 3.05) is 45.7 Å². The Bertz CT molecular complexity index is 520. The fourth-order valence-corrected chi connectivity index (χ4v) is 2.21. The molecule has 24 heavy (non-hydrogen) atoms. The molecule has 0 aromatic heterocycles. The van der Waals surface area contributed by atoms with Crippen molar-refractivity contribution in [2.24, 2.45) is 0 Å². The first kappa shape index (κ1) is 20.3. The van der Waals surface area contributed by atoms with E-state index in [0.29, 0.717) is 30.4 Å². The molecule has 0 unspecified atom stereocenters. The van der Waals surface area contributed by atoms with Crippen molar-refractivity contribution in [1.82, 2.24) is 9.80 Å². The maximum absolute atomic E-state index is 12.5. The largest absolute Gasteiger partial charge is 0.466 e. The number of hydrogen-bond acceptors (Lipinski definition) is 4. The summed E-state index contributed by atoms with van der Waals surface area (Å²) in [4.78, 5) is 27.7. The standard InChI is InChI=1S/C17H26ClN3O3/c1-4-24-16(22)10-13-21(12-5-11-20(2)3)17(23)19-15-8-6-14(18)7-9-15/h6-9H,4-5,10-13H2,1-3H3,(H,19,23). The summed E-state index contributed by atoms with van der Waals surface area (Å²) in [5.74, 6) is -0.297. The van der Waals surface area contributed by atoms with Gasteiger partial charge in [0, 0.05) is 23.8 Å². The van der Waals surface area contributed by atoms with E-state index in [-0.39, 0.29) is 18.4 Å². The highest BCUT2D eigenvalue weighted by Crippen LogP contribution is 2.14. The second kappa shape index (κ2) is 10.9. The monoisotopic (exact) mass is 355 g/mol. The molecule has 6 nitrogen and oxygen atoms in total. The maximum Gasteiger partial charge on any atom is 0.321 e. The van der Waals surface area contributed by atoms with E-state index in [1.807, 2.05) is 14.1 Å². The van der Waals surface area contributed by atoms with Crippen molar-refractivity contribution in [3.63, 3.8) is 0 Å². The van der Waals surface area contributed by atoms with Crippen LogP contribution in [0.2, 0.25) is 5.02 Å². The van der Waals surface area contributed by atoms with Crippen molar-refractivity contribution in [1.29, 1.82) is 0 Å². The lowest BCUT2D eigenvalue weighted by molar-refractivity contribution is -0.143. The van der Waals surface area contributed by atoms with Crippen LogP contribution in [-0.4, -0.2) is 62.1 Å². The third-order valence-corrected chi connectivity index (χ3v) is 3.56. The van der Waals surface area contributed by atoms with Crippen molar-refractivity contribution in [3.8, 4) is 0 Å². The number of anilines is 1. The number of urea groups is 1. The summed E-state index contributed by atoms with van der Waals surface area (Å²) in [5.41, 5.74) is 0.665. The van der Waals surface area contributed by atoms with Crippen LogP contribution in [0.4, 0.5) is 10.5 Å². The van der Waals surface area contributed by atoms with Crippen LogP contribution in [0.1, 0.15) is 19.8 Å². The molecular weight excluding hydrogens is 330 g/mol. The number of esters is 1. The van der Waals surface area contributed by atoms with Gasteiger partial charge in [-0.1, -0.05) is 11.6 Å². The van der Waals surface area contributed by atoms with Crippen LogP contribution in [0.25, 0.3) is 0 Å². The minimum atomic E-state index is -0.297. The van der Waals surface area contributed by atoms with Crippen molar-refractivity contribution in [3.05, 3.63) is 29.3 Å². The van der Waals surface area contributed by atoms with E-state index in [0.717, 1.165) is 13.0 Å². The van der Waals surface area contributed by atoms with Crippen molar-refractivity contribution < 1.29 is 14.3 Å². The van der Waals surface area contributed by atoms with Gasteiger partial charge in [0.05, 0.1) is 13.0 Å². The topological polar surface area (TPSA) is 61.9 Å². The highest BCUT2D eigenvalue weighted by molar-refractivity contribution is 6.30. The molecule has 0 atom stereocenters. The van der Waals surface area contributed by atoms with Crippen LogP contribution in [0.5, 0.6) is 0 Å². The van der Waals surface area contributed by atoms with E-state index in [1.165, 1.54) is 0 Å². The molecule has 134 valence electrons. The van der Waals surface area contributed by atoms with Gasteiger partial charge in [-0.15, -0.1) is 0 Å². The predicted molar refractivity (Wildman–Crippen MR) is 96.5 cm³/mol. The number of ether oxygens (including phenoxy) is 1. The second-order valence-electron chi connectivity index (χ2n) is 5.64. The quantitative estimate of drug-likeness (QED) is 0.691. The molecule has 0 heterocycles. The molecule has 0 spiro atoms. The van der Waals surface area contributed by atoms with Crippen molar-refractivity contribution >= 4 is 29.3 Å². The molecule has 0 saturated carbocycles. The Morgan fingerprint density at radius 1 is 1.12 bits per heavy atom. The molecule has 1 aromatic rings. The highest BCUT2D eigenvalue weighted by atomic mass is 35.5. The molecule has 0 aliphatic heterocycles. The second-order valence-corrected chi connectivity index (χ2v) is 6.07. The van der Waals surface area contributed by atoms with Crippen LogP contribution in [0, 0.1) is 0 Å². The molecule has 0 bridgehead atoms. The van der Waals surface area contributed by atoms with Gasteiger partial charge >= 0.3 is 12.0 Å². The number of nitrogens with one attached hydrogen (secondary N) is 1. The minimum absolute atomic E-state index is 0.184. The van der Waals surface area contributed by atoms with Gasteiger partial charge in [0.25, 0.3) is 0 Å². The average Bonchev–Trinajstić information content (AvgIpc) is 2.52. The summed E-state index contributed by atoms with van der Waals surface area (Å²) in [6.07, 6.45) is 1.01. The normalized spacial score (nSPS) is 10.5. The first-order chi connectivity index (χ1) is 11.4. The lowest BCUT2D eigenvalue weighted by atomic mass is 10.3. The van der Waals surface area contributed by atoms with Gasteiger partial charge in [0.1, 0.15) is 0 Å². The molecule has 0 radical (unpaired) electrons. The molecule has 1 rings (SSSR count). The van der Waals surface area contributed by atoms with Crippen LogP contribution in [-0.2, 0) is 9.53 Å². The Morgan fingerprint density at radius 3 is 2.38 bits per heavy atom. The fourth-order valence-electron chi connectivity index (χ4n) is 2.09. The maximum atomic E-state index is 12.5. The van der Waals surface area contributed by atoms with Crippen LogP contribution < -0.4 is 5.32 Å². The van der Waals surface area contributed by atoms with Gasteiger partial charge in [0.2, 0.25) is 0 Å². The van der Waals surface area contributed by atoms with Crippen LogP contribution in [0.15, 0.2) is 24.3 Å². The van der Waals surface area contributed by atoms with Crippen LogP contribution in [0.3, 0.4) is 0 Å². The number of benzene rings is 1. The Balaban J connectivity index is 2.61. The third kappa shape index (κ3) is 8.17. The summed E-state index contributed by atoms with van der Waals surface area (Å²) in [6.45, 7) is 3.86. The van der Waals surface area contributed by atoms with Gasteiger partial charge in [-0.25, -0.2) is 4.79 Å². The molecule has 0 saturated heterocycles. The van der Waals surface area contributed by atoms with Gasteiger partial charge in [-0.2, -0.15) is 0 Å². The zero-order valence-corrected chi connectivity index (χ0v) is 15.3. The van der Waals surface area contributed by atoms with Gasteiger partial charge < -0.3 is 19.9 Å². The number of hydrogen-bond donors (Lipinski definition) is 1. The summed E-state index contributed by atoms with van der Waals surface area (Å²) < 4.78 is 4.93. The smallest absolute Gasteiger partial charge is 0.321 e. The van der Waals surface area contributed by atoms with Crippen LogP contribution >= 0.6 is 11.6 Å². The number of carbonyl (C=O) groups excluding carboxylic acids is 2. The van der Waals surface area contributed by atoms with Gasteiger partial charge in [-0.3, -0.25) is 4.79 Å². The zero-order chi connectivity index (χ0) is 17.9. The first-order valence-electron chi connectivity index (χ1n) is 8.04. The molecule has 2 amide bonds. The molecule has 7 heteroatoms. The summed E-state index contributed by atoms with van der Waals surface area (Å²) in [6, 6.07) is 6.67. The average molecular weight is 356 g/mol. The molecule has 1 aromatic carbocycles. The summed E-state index contributed by atoms with van der Waals surface area (Å²) in [5, 5.41) is 3.44. The van der Waals surface area contributed by atoms with Gasteiger partial charge in [-0.05, 0) is 58.3 Å². The summed E-state index contributed by atoms with van der Waals surface area (Å²) >= 11 is 5.84. The summed E-state index contributed by atoms with van der Waals surface area (Å²) in [7, 11) is 3.97. The number of amides is 2. The first-order valence-corrected chi connectivity index (χ1v) is 8.42. The lowest BCUT2D eigenvalue weighted by Gasteiger charge is -2.23. The predicted octanol–water partition coefficient (Wildman–Crippen LogP) is 3.08. The Kier molecular flexibility index (Phi) is 9.19. The Hall–Kier alpha value is -1.79. The minimum Gasteiger partial charge on any atom is -0.466 e. The molecular formula is C17H26ClN3O3. The highest BCUT2D eigenvalue weighted by Gasteiger charge is 2.15. The SMILES string of the molecule is CCOC(=O)CCN(CCCN(C)C)C(=O)Nc1ccc(Cl)cc1. The lowest BCUT2D eigenvalue weighted by Crippen LogP contribution is -2.38. The number of rotatable bonds is 9. The van der Waals surface area contributed by atoms with E-state index in [4.69, 9.17) is 16.3 Å². The van der Waals surface area contributed by atoms with E-state index >= 15 is 0 Å².